The van der Waals surface area contributed by atoms with Crippen molar-refractivity contribution in [2.45, 2.75) is 38.9 Å². The summed E-state index contributed by atoms with van der Waals surface area (Å²) in [4.78, 5) is 23.4. The van der Waals surface area contributed by atoms with Gasteiger partial charge in [0.1, 0.15) is 29.7 Å². The number of alkyl halides is 3. The van der Waals surface area contributed by atoms with Crippen LogP contribution < -0.4 is 19.9 Å². The highest BCUT2D eigenvalue weighted by atomic mass is 19.4. The van der Waals surface area contributed by atoms with Gasteiger partial charge >= 0.3 is 6.18 Å². The molecule has 2 aromatic heterocycles. The lowest BCUT2D eigenvalue weighted by atomic mass is 9.92. The highest BCUT2D eigenvalue weighted by molar-refractivity contribution is 5.95. The number of aromatic nitrogens is 3. The van der Waals surface area contributed by atoms with Crippen molar-refractivity contribution >= 4 is 29.0 Å². The minimum absolute atomic E-state index is 0.152. The first-order chi connectivity index (χ1) is 18.7. The van der Waals surface area contributed by atoms with E-state index in [1.807, 2.05) is 45.0 Å². The molecule has 1 saturated heterocycles. The first-order valence-corrected chi connectivity index (χ1v) is 13.0. The number of methoxy groups -OCH3 is 1. The van der Waals surface area contributed by atoms with Crippen LogP contribution in [0.1, 0.15) is 36.8 Å². The number of benzene rings is 1. The van der Waals surface area contributed by atoms with Crippen LogP contribution in [-0.2, 0) is 12.0 Å². The third-order valence-electron chi connectivity index (χ3n) is 6.64. The van der Waals surface area contributed by atoms with E-state index >= 15 is 0 Å². The van der Waals surface area contributed by atoms with Crippen molar-refractivity contribution in [3.05, 3.63) is 53.7 Å². The Morgan fingerprint density at radius 1 is 1.00 bits per heavy atom. The molecular formula is C28H36F3N7O2. The van der Waals surface area contributed by atoms with E-state index < -0.39 is 18.1 Å². The fourth-order valence-electron chi connectivity index (χ4n) is 4.42. The molecule has 4 rings (SSSR count). The molecule has 1 aliphatic heterocycles. The van der Waals surface area contributed by atoms with Gasteiger partial charge in [-0.3, -0.25) is 4.79 Å². The summed E-state index contributed by atoms with van der Waals surface area (Å²) in [6, 6.07) is 12.8. The predicted octanol–water partition coefficient (Wildman–Crippen LogP) is 4.92. The molecular weight excluding hydrogens is 523 g/mol. The van der Waals surface area contributed by atoms with Crippen LogP contribution in [0.2, 0.25) is 0 Å². The Morgan fingerprint density at radius 3 is 2.17 bits per heavy atom. The normalized spacial score (nSPS) is 14.3. The molecule has 9 nitrogen and oxygen atoms in total. The number of pyridine rings is 1. The van der Waals surface area contributed by atoms with Crippen molar-refractivity contribution in [2.75, 3.05) is 62.5 Å². The largest absolute Gasteiger partial charge is 0.497 e. The van der Waals surface area contributed by atoms with Crippen LogP contribution in [0, 0.1) is 0 Å². The van der Waals surface area contributed by atoms with Crippen molar-refractivity contribution < 1.29 is 22.7 Å². The van der Waals surface area contributed by atoms with Crippen molar-refractivity contribution in [3.8, 4) is 5.75 Å². The molecule has 0 spiro atoms. The first kappa shape index (κ1) is 29.0. The highest BCUT2D eigenvalue weighted by Crippen LogP contribution is 2.30. The molecule has 1 amide bonds. The number of ether oxygens (including phenoxy) is 1. The highest BCUT2D eigenvalue weighted by Gasteiger charge is 2.31. The molecule has 1 aliphatic rings. The monoisotopic (exact) mass is 559 g/mol. The second-order valence-electron chi connectivity index (χ2n) is 11.0. The average molecular weight is 560 g/mol. The van der Waals surface area contributed by atoms with E-state index in [1.54, 1.807) is 39.4 Å². The molecule has 3 heterocycles. The number of anilines is 4. The van der Waals surface area contributed by atoms with Crippen LogP contribution in [-0.4, -0.2) is 79.1 Å². The van der Waals surface area contributed by atoms with E-state index in [-0.39, 0.29) is 17.5 Å². The fourth-order valence-corrected chi connectivity index (χ4v) is 4.42. The quantitative estimate of drug-likeness (QED) is 0.440. The summed E-state index contributed by atoms with van der Waals surface area (Å²) in [6.45, 7) is 7.17. The molecule has 216 valence electrons. The molecule has 0 unspecified atom stereocenters. The Morgan fingerprint density at radius 2 is 1.62 bits per heavy atom. The maximum atomic E-state index is 13.4. The number of halogens is 3. The van der Waals surface area contributed by atoms with Gasteiger partial charge in [-0.2, -0.15) is 18.3 Å². The number of nitrogens with one attached hydrogen (secondary N) is 1. The Hall–Kier alpha value is -3.96. The zero-order chi connectivity index (χ0) is 29.2. The van der Waals surface area contributed by atoms with Crippen molar-refractivity contribution in [1.29, 1.82) is 0 Å². The van der Waals surface area contributed by atoms with Gasteiger partial charge in [-0.15, -0.1) is 0 Å². The maximum absolute atomic E-state index is 13.4. The van der Waals surface area contributed by atoms with E-state index in [2.05, 4.69) is 20.2 Å². The number of piperazine rings is 1. The van der Waals surface area contributed by atoms with E-state index in [1.165, 1.54) is 4.90 Å². The number of hydrogen-bond donors (Lipinski definition) is 1. The van der Waals surface area contributed by atoms with Crippen molar-refractivity contribution in [1.82, 2.24) is 19.7 Å². The van der Waals surface area contributed by atoms with Gasteiger partial charge in [-0.05, 0) is 36.4 Å². The Kier molecular flexibility index (Phi) is 8.18. The number of amides is 1. The topological polar surface area (TPSA) is 78.8 Å². The van der Waals surface area contributed by atoms with Gasteiger partial charge in [0.15, 0.2) is 0 Å². The lowest BCUT2D eigenvalue weighted by Gasteiger charge is -2.37. The van der Waals surface area contributed by atoms with Crippen molar-refractivity contribution in [2.24, 2.45) is 0 Å². The smallest absolute Gasteiger partial charge is 0.408 e. The molecule has 1 fully saturated rings. The van der Waals surface area contributed by atoms with Crippen LogP contribution in [0.5, 0.6) is 5.75 Å². The number of carbonyl (C=O) groups is 1. The molecule has 0 bridgehead atoms. The van der Waals surface area contributed by atoms with Gasteiger partial charge in [0, 0.05) is 63.0 Å². The second-order valence-corrected chi connectivity index (χ2v) is 11.0. The van der Waals surface area contributed by atoms with E-state index in [4.69, 9.17) is 9.72 Å². The summed E-state index contributed by atoms with van der Waals surface area (Å²) in [5, 5.41) is 7.23. The molecule has 0 atom stereocenters. The molecule has 40 heavy (non-hydrogen) atoms. The van der Waals surface area contributed by atoms with Crippen LogP contribution in [0.3, 0.4) is 0 Å². The van der Waals surface area contributed by atoms with E-state index in [9.17, 15) is 18.0 Å². The summed E-state index contributed by atoms with van der Waals surface area (Å²) in [5.41, 5.74) is 1.51. The Balaban J connectivity index is 1.62. The van der Waals surface area contributed by atoms with E-state index in [0.29, 0.717) is 30.2 Å². The van der Waals surface area contributed by atoms with Gasteiger partial charge in [-0.1, -0.05) is 20.8 Å². The molecule has 0 aliphatic carbocycles. The summed E-state index contributed by atoms with van der Waals surface area (Å²) < 4.78 is 46.2. The number of hydrogen-bond acceptors (Lipinski definition) is 7. The first-order valence-electron chi connectivity index (χ1n) is 13.0. The van der Waals surface area contributed by atoms with Gasteiger partial charge in [0.05, 0.1) is 12.8 Å². The maximum Gasteiger partial charge on any atom is 0.408 e. The Bertz CT molecular complexity index is 1320. The van der Waals surface area contributed by atoms with Crippen LogP contribution in [0.25, 0.3) is 0 Å². The second kappa shape index (κ2) is 11.3. The number of carbonyl (C=O) groups excluding carboxylic acids is 1. The zero-order valence-electron chi connectivity index (χ0n) is 23.7. The number of nitrogens with zero attached hydrogens (tertiary/aromatic N) is 6. The summed E-state index contributed by atoms with van der Waals surface area (Å²) in [5.74, 6) is 1.55. The SMILES string of the molecule is COc1ccc(N2CCN(c3cc(C(=O)N(C)C)cc(Nc4cc(C(C)(C)C)nn4CC(F)(F)F)n3)CC2)cc1. The fraction of sp³-hybridized carbons (Fsp3) is 0.464. The molecule has 12 heteroatoms. The standard InChI is InChI=1S/C28H36F3N7O2/c1-27(2,3)22-17-25(38(34-22)18-28(29,30)31)33-23-15-19(26(39)35(4)5)16-24(32-23)37-13-11-36(12-14-37)20-7-9-21(40-6)10-8-20/h7-10,15-17H,11-14,18H2,1-6H3,(H,32,33). The van der Waals surface area contributed by atoms with Gasteiger partial charge in [0.25, 0.3) is 5.91 Å². The third kappa shape index (κ3) is 6.97. The lowest BCUT2D eigenvalue weighted by molar-refractivity contribution is -0.142. The van der Waals surface area contributed by atoms with Gasteiger partial charge < -0.3 is 24.8 Å². The molecule has 3 aromatic rings. The molecule has 1 N–H and O–H groups in total. The third-order valence-corrected chi connectivity index (χ3v) is 6.64. The molecule has 1 aromatic carbocycles. The lowest BCUT2D eigenvalue weighted by Crippen LogP contribution is -2.47. The van der Waals surface area contributed by atoms with Gasteiger partial charge in [0.2, 0.25) is 0 Å². The Labute approximate surface area is 232 Å². The summed E-state index contributed by atoms with van der Waals surface area (Å²) >= 11 is 0. The summed E-state index contributed by atoms with van der Waals surface area (Å²) in [6.07, 6.45) is -4.46. The number of rotatable bonds is 7. The van der Waals surface area contributed by atoms with Crippen molar-refractivity contribution in [3.63, 3.8) is 0 Å². The van der Waals surface area contributed by atoms with Crippen LogP contribution >= 0.6 is 0 Å². The van der Waals surface area contributed by atoms with Crippen LogP contribution in [0.15, 0.2) is 42.5 Å². The minimum atomic E-state index is -4.46. The molecule has 0 radical (unpaired) electrons. The van der Waals surface area contributed by atoms with E-state index in [0.717, 1.165) is 29.2 Å². The average Bonchev–Trinajstić information content (AvgIpc) is 3.29. The van der Waals surface area contributed by atoms with Gasteiger partial charge in [-0.25, -0.2) is 9.67 Å². The van der Waals surface area contributed by atoms with Crippen LogP contribution in [0.4, 0.5) is 36.3 Å². The predicted molar refractivity (Wildman–Crippen MR) is 150 cm³/mol. The summed E-state index contributed by atoms with van der Waals surface area (Å²) in [7, 11) is 4.93. The zero-order valence-corrected chi connectivity index (χ0v) is 23.7. The minimum Gasteiger partial charge on any atom is -0.497 e. The molecule has 0 saturated carbocycles.